The van der Waals surface area contributed by atoms with Crippen LogP contribution in [0, 0.1) is 0 Å². The van der Waals surface area contributed by atoms with Crippen molar-refractivity contribution in [3.05, 3.63) is 76.5 Å². The average molecular weight is 384 g/mol. The summed E-state index contributed by atoms with van der Waals surface area (Å²) in [6.07, 6.45) is 4.64. The van der Waals surface area contributed by atoms with E-state index in [9.17, 15) is 4.79 Å². The minimum Gasteiger partial charge on any atom is -0.352 e. The number of halogens is 1. The summed E-state index contributed by atoms with van der Waals surface area (Å²) in [4.78, 5) is 12.1. The maximum atomic E-state index is 12.1. The molecule has 0 aliphatic carbocycles. The number of carbonyl (C=O) groups is 1. The van der Waals surface area contributed by atoms with Crippen molar-refractivity contribution in [3.8, 4) is 11.1 Å². The molecular weight excluding hydrogens is 366 g/mol. The number of nitrogens with zero attached hydrogens (tertiary/aromatic N) is 2. The fraction of sp³-hybridized carbons (Fsp3) is 0.158. The van der Waals surface area contributed by atoms with Crippen molar-refractivity contribution < 1.29 is 4.79 Å². The first-order valence-electron chi connectivity index (χ1n) is 7.74. The van der Waals surface area contributed by atoms with Gasteiger partial charge in [-0.3, -0.25) is 9.48 Å². The number of aryl methyl sites for hydroxylation is 1. The Morgan fingerprint density at radius 3 is 2.54 bits per heavy atom. The van der Waals surface area contributed by atoms with E-state index in [4.69, 9.17) is 0 Å². The molecule has 2 aromatic carbocycles. The molecule has 0 radical (unpaired) electrons. The summed E-state index contributed by atoms with van der Waals surface area (Å²) in [5.41, 5.74) is 4.09. The Bertz CT molecular complexity index is 840. The monoisotopic (exact) mass is 383 g/mol. The minimum absolute atomic E-state index is 0.0607. The second kappa shape index (κ2) is 7.45. The number of amides is 1. The number of hydrogen-bond acceptors (Lipinski definition) is 2. The lowest BCUT2D eigenvalue weighted by Crippen LogP contribution is -2.25. The Hall–Kier alpha value is -2.40. The predicted octanol–water partition coefficient (Wildman–Crippen LogP) is 3.82. The topological polar surface area (TPSA) is 46.9 Å². The quantitative estimate of drug-likeness (QED) is 0.727. The van der Waals surface area contributed by atoms with Crippen LogP contribution in [0.25, 0.3) is 11.1 Å². The molecule has 122 valence electrons. The van der Waals surface area contributed by atoms with Gasteiger partial charge in [-0.05, 0) is 45.6 Å². The molecule has 0 fully saturated rings. The van der Waals surface area contributed by atoms with Crippen LogP contribution in [-0.2, 0) is 13.5 Å². The van der Waals surface area contributed by atoms with E-state index in [1.807, 2.05) is 43.7 Å². The molecule has 0 aliphatic heterocycles. The van der Waals surface area contributed by atoms with Gasteiger partial charge in [-0.2, -0.15) is 5.10 Å². The maximum Gasteiger partial charge on any atom is 0.252 e. The van der Waals surface area contributed by atoms with Crippen LogP contribution in [0.3, 0.4) is 0 Å². The molecule has 1 amide bonds. The molecule has 0 saturated heterocycles. The third-order valence-electron chi connectivity index (χ3n) is 3.81. The van der Waals surface area contributed by atoms with Crippen LogP contribution in [-0.4, -0.2) is 22.2 Å². The maximum absolute atomic E-state index is 12.1. The first-order chi connectivity index (χ1) is 11.6. The summed E-state index contributed by atoms with van der Waals surface area (Å²) in [6, 6.07) is 15.8. The number of nitrogens with one attached hydrogen (secondary N) is 1. The second-order valence-electron chi connectivity index (χ2n) is 5.59. The van der Waals surface area contributed by atoms with Crippen molar-refractivity contribution in [1.82, 2.24) is 15.1 Å². The van der Waals surface area contributed by atoms with Gasteiger partial charge in [-0.15, -0.1) is 0 Å². The molecule has 1 aromatic heterocycles. The van der Waals surface area contributed by atoms with Crippen LogP contribution < -0.4 is 5.32 Å². The Kier molecular flexibility index (Phi) is 5.11. The van der Waals surface area contributed by atoms with Gasteiger partial charge < -0.3 is 5.32 Å². The summed E-state index contributed by atoms with van der Waals surface area (Å²) in [7, 11) is 1.91. The van der Waals surface area contributed by atoms with Crippen LogP contribution in [0.1, 0.15) is 15.9 Å². The van der Waals surface area contributed by atoms with Crippen LogP contribution in [0.4, 0.5) is 0 Å². The Morgan fingerprint density at radius 1 is 1.12 bits per heavy atom. The van der Waals surface area contributed by atoms with Gasteiger partial charge in [0.15, 0.2) is 0 Å². The molecule has 0 unspecified atom stereocenters. The average Bonchev–Trinajstić information content (AvgIpc) is 3.02. The molecule has 3 aromatic rings. The van der Waals surface area contributed by atoms with Gasteiger partial charge in [0.2, 0.25) is 0 Å². The van der Waals surface area contributed by atoms with Crippen molar-refractivity contribution in [2.75, 3.05) is 6.54 Å². The zero-order chi connectivity index (χ0) is 16.9. The zero-order valence-corrected chi connectivity index (χ0v) is 15.0. The standard InChI is InChI=1S/C19H18BrN3O/c1-23-13-16(12-22-23)15-8-6-14(7-9-15)10-11-21-19(24)17-4-2-3-5-18(17)20/h2-9,12-13H,10-11H2,1H3,(H,21,24). The van der Waals surface area contributed by atoms with Gasteiger partial charge >= 0.3 is 0 Å². The molecule has 4 nitrogen and oxygen atoms in total. The Labute approximate surface area is 149 Å². The van der Waals surface area contributed by atoms with E-state index in [0.29, 0.717) is 12.1 Å². The van der Waals surface area contributed by atoms with E-state index in [2.05, 4.69) is 50.6 Å². The van der Waals surface area contributed by atoms with Crippen LogP contribution in [0.15, 0.2) is 65.4 Å². The summed E-state index contributed by atoms with van der Waals surface area (Å²) >= 11 is 3.40. The molecule has 0 atom stereocenters. The highest BCUT2D eigenvalue weighted by Gasteiger charge is 2.08. The lowest BCUT2D eigenvalue weighted by molar-refractivity contribution is 0.0953. The Morgan fingerprint density at radius 2 is 1.88 bits per heavy atom. The van der Waals surface area contributed by atoms with Crippen molar-refractivity contribution >= 4 is 21.8 Å². The number of carbonyl (C=O) groups excluding carboxylic acids is 1. The summed E-state index contributed by atoms with van der Waals surface area (Å²) in [5, 5.41) is 7.14. The van der Waals surface area contributed by atoms with Crippen molar-refractivity contribution in [2.45, 2.75) is 6.42 Å². The first kappa shape index (κ1) is 16.5. The fourth-order valence-corrected chi connectivity index (χ4v) is 2.96. The molecule has 24 heavy (non-hydrogen) atoms. The Balaban J connectivity index is 1.55. The van der Waals surface area contributed by atoms with Gasteiger partial charge in [0, 0.05) is 29.8 Å². The molecule has 0 bridgehead atoms. The van der Waals surface area contributed by atoms with Gasteiger partial charge in [-0.1, -0.05) is 36.4 Å². The van der Waals surface area contributed by atoms with E-state index < -0.39 is 0 Å². The summed E-state index contributed by atoms with van der Waals surface area (Å²) in [5.74, 6) is -0.0607. The predicted molar refractivity (Wildman–Crippen MR) is 98.8 cm³/mol. The lowest BCUT2D eigenvalue weighted by atomic mass is 10.1. The highest BCUT2D eigenvalue weighted by Crippen LogP contribution is 2.19. The van der Waals surface area contributed by atoms with Crippen molar-refractivity contribution in [3.63, 3.8) is 0 Å². The largest absolute Gasteiger partial charge is 0.352 e. The first-order valence-corrected chi connectivity index (χ1v) is 8.53. The molecule has 0 saturated carbocycles. The van der Waals surface area contributed by atoms with Gasteiger partial charge in [0.25, 0.3) is 5.91 Å². The molecule has 1 heterocycles. The fourth-order valence-electron chi connectivity index (χ4n) is 2.50. The van der Waals surface area contributed by atoms with Gasteiger partial charge in [-0.25, -0.2) is 0 Å². The second-order valence-corrected chi connectivity index (χ2v) is 6.44. The SMILES string of the molecule is Cn1cc(-c2ccc(CCNC(=O)c3ccccc3Br)cc2)cn1. The molecule has 1 N–H and O–H groups in total. The highest BCUT2D eigenvalue weighted by molar-refractivity contribution is 9.10. The number of aromatic nitrogens is 2. The molecule has 0 spiro atoms. The third-order valence-corrected chi connectivity index (χ3v) is 4.50. The smallest absolute Gasteiger partial charge is 0.252 e. The van der Waals surface area contributed by atoms with E-state index in [-0.39, 0.29) is 5.91 Å². The van der Waals surface area contributed by atoms with Crippen LogP contribution in [0.2, 0.25) is 0 Å². The summed E-state index contributed by atoms with van der Waals surface area (Å²) in [6.45, 7) is 0.604. The number of benzene rings is 2. The van der Waals surface area contributed by atoms with Crippen molar-refractivity contribution in [1.29, 1.82) is 0 Å². The van der Waals surface area contributed by atoms with E-state index in [0.717, 1.165) is 22.0 Å². The molecule has 5 heteroatoms. The number of hydrogen-bond donors (Lipinski definition) is 1. The van der Waals surface area contributed by atoms with Gasteiger partial charge in [0.1, 0.15) is 0 Å². The molecule has 0 aliphatic rings. The summed E-state index contributed by atoms with van der Waals surface area (Å²) < 4.78 is 2.60. The molecular formula is C19H18BrN3O. The van der Waals surface area contributed by atoms with Crippen LogP contribution in [0.5, 0.6) is 0 Å². The molecule has 3 rings (SSSR count). The highest BCUT2D eigenvalue weighted by atomic mass is 79.9. The number of rotatable bonds is 5. The van der Waals surface area contributed by atoms with E-state index in [1.54, 1.807) is 4.68 Å². The van der Waals surface area contributed by atoms with Gasteiger partial charge in [0.05, 0.1) is 11.8 Å². The van der Waals surface area contributed by atoms with Crippen molar-refractivity contribution in [2.24, 2.45) is 7.05 Å². The van der Waals surface area contributed by atoms with Crippen LogP contribution >= 0.6 is 15.9 Å². The van der Waals surface area contributed by atoms with E-state index >= 15 is 0 Å². The van der Waals surface area contributed by atoms with E-state index in [1.165, 1.54) is 5.56 Å². The zero-order valence-electron chi connectivity index (χ0n) is 13.4. The minimum atomic E-state index is -0.0607. The lowest BCUT2D eigenvalue weighted by Gasteiger charge is -2.07. The normalized spacial score (nSPS) is 10.6. The third kappa shape index (κ3) is 3.92.